The first-order valence-corrected chi connectivity index (χ1v) is 7.75. The van der Waals surface area contributed by atoms with E-state index in [2.05, 4.69) is 20.3 Å². The molecule has 3 heterocycles. The molecular formula is C16H17N5O2. The van der Waals surface area contributed by atoms with Gasteiger partial charge in [0.1, 0.15) is 5.69 Å². The van der Waals surface area contributed by atoms with Crippen LogP contribution in [-0.2, 0) is 4.79 Å². The molecule has 1 aliphatic heterocycles. The molecule has 1 aliphatic rings. The van der Waals surface area contributed by atoms with E-state index in [-0.39, 0.29) is 11.8 Å². The minimum Gasteiger partial charge on any atom is -0.342 e. The Balaban J connectivity index is 1.63. The van der Waals surface area contributed by atoms with E-state index < -0.39 is 0 Å². The third-order valence-corrected chi connectivity index (χ3v) is 4.34. The fourth-order valence-electron chi connectivity index (χ4n) is 3.10. The Morgan fingerprint density at radius 2 is 2.26 bits per heavy atom. The molecule has 3 aromatic rings. The quantitative estimate of drug-likeness (QED) is 0.785. The van der Waals surface area contributed by atoms with Crippen molar-refractivity contribution in [1.29, 1.82) is 0 Å². The topological polar surface area (TPSA) is 87.9 Å². The van der Waals surface area contributed by atoms with E-state index in [0.717, 1.165) is 30.3 Å². The summed E-state index contributed by atoms with van der Waals surface area (Å²) in [6, 6.07) is 7.83. The van der Waals surface area contributed by atoms with Crippen LogP contribution in [0.1, 0.15) is 31.6 Å². The van der Waals surface area contributed by atoms with Crippen LogP contribution < -0.4 is 0 Å². The van der Waals surface area contributed by atoms with Crippen molar-refractivity contribution in [3.05, 3.63) is 30.2 Å². The number of fused-ring (bicyclic) bond motifs is 1. The normalized spacial score (nSPS) is 18.5. The number of H-pyrrole nitrogens is 1. The van der Waals surface area contributed by atoms with Crippen LogP contribution in [-0.4, -0.2) is 44.2 Å². The number of aromatic amines is 1. The Bertz CT molecular complexity index is 853. The summed E-state index contributed by atoms with van der Waals surface area (Å²) in [5.74, 6) is 1.25. The number of likely N-dealkylation sites (tertiary alicyclic amines) is 1. The lowest BCUT2D eigenvalue weighted by Gasteiger charge is -2.29. The standard InChI is InChI=1S/C16H17N5O2/c1-10(22)21-8-4-5-11(9-21)16-17-15(20-23-16)14-12-6-2-3-7-13(12)18-19-14/h2-3,6-7,11H,4-5,8-9H2,1H3,(H,18,19)/t11-/m1/s1. The van der Waals surface area contributed by atoms with Crippen LogP contribution in [0.3, 0.4) is 0 Å². The lowest BCUT2D eigenvalue weighted by molar-refractivity contribution is -0.130. The number of carbonyl (C=O) groups is 1. The van der Waals surface area contributed by atoms with Gasteiger partial charge in [0.2, 0.25) is 17.6 Å². The number of carbonyl (C=O) groups excluding carboxylic acids is 1. The van der Waals surface area contributed by atoms with Crippen LogP contribution in [0.2, 0.25) is 0 Å². The van der Waals surface area contributed by atoms with E-state index >= 15 is 0 Å². The molecule has 0 saturated carbocycles. The number of aromatic nitrogens is 4. The van der Waals surface area contributed by atoms with Gasteiger partial charge in [-0.2, -0.15) is 10.1 Å². The molecule has 0 unspecified atom stereocenters. The summed E-state index contributed by atoms with van der Waals surface area (Å²) in [5.41, 5.74) is 1.63. The van der Waals surface area contributed by atoms with Gasteiger partial charge < -0.3 is 9.42 Å². The summed E-state index contributed by atoms with van der Waals surface area (Å²) in [5, 5.41) is 12.3. The summed E-state index contributed by atoms with van der Waals surface area (Å²) in [6.07, 6.45) is 1.90. The Hall–Kier alpha value is -2.70. The Morgan fingerprint density at radius 3 is 3.13 bits per heavy atom. The monoisotopic (exact) mass is 311 g/mol. The van der Waals surface area contributed by atoms with Gasteiger partial charge in [0, 0.05) is 25.4 Å². The first-order valence-electron chi connectivity index (χ1n) is 7.75. The highest BCUT2D eigenvalue weighted by molar-refractivity contribution is 5.90. The van der Waals surface area contributed by atoms with Crippen molar-refractivity contribution in [2.24, 2.45) is 0 Å². The minimum absolute atomic E-state index is 0.0905. The lowest BCUT2D eigenvalue weighted by Crippen LogP contribution is -2.37. The van der Waals surface area contributed by atoms with Crippen molar-refractivity contribution < 1.29 is 9.32 Å². The van der Waals surface area contributed by atoms with Gasteiger partial charge in [0.25, 0.3) is 0 Å². The second kappa shape index (κ2) is 5.49. The number of rotatable bonds is 2. The highest BCUT2D eigenvalue weighted by Gasteiger charge is 2.27. The molecule has 7 nitrogen and oxygen atoms in total. The summed E-state index contributed by atoms with van der Waals surface area (Å²) in [6.45, 7) is 3.03. The summed E-state index contributed by atoms with van der Waals surface area (Å²) < 4.78 is 5.45. The van der Waals surface area contributed by atoms with Gasteiger partial charge in [-0.1, -0.05) is 23.4 Å². The maximum absolute atomic E-state index is 11.6. The van der Waals surface area contributed by atoms with Gasteiger partial charge in [-0.15, -0.1) is 0 Å². The molecule has 4 rings (SSSR count). The average molecular weight is 311 g/mol. The van der Waals surface area contributed by atoms with Crippen molar-refractivity contribution in [3.8, 4) is 11.5 Å². The van der Waals surface area contributed by atoms with Gasteiger partial charge in [0.15, 0.2) is 0 Å². The predicted octanol–water partition coefficient (Wildman–Crippen LogP) is 2.34. The summed E-state index contributed by atoms with van der Waals surface area (Å²) >= 11 is 0. The predicted molar refractivity (Wildman–Crippen MR) is 83.6 cm³/mol. The summed E-state index contributed by atoms with van der Waals surface area (Å²) in [7, 11) is 0. The molecule has 0 spiro atoms. The van der Waals surface area contributed by atoms with E-state index in [4.69, 9.17) is 4.52 Å². The SMILES string of the molecule is CC(=O)N1CCC[C@@H](c2nc(-c3n[nH]c4ccccc34)no2)C1. The molecule has 1 amide bonds. The van der Waals surface area contributed by atoms with Crippen molar-refractivity contribution >= 4 is 16.8 Å². The fourth-order valence-corrected chi connectivity index (χ4v) is 3.10. The van der Waals surface area contributed by atoms with Crippen LogP contribution in [0.4, 0.5) is 0 Å². The lowest BCUT2D eigenvalue weighted by atomic mass is 9.98. The third-order valence-electron chi connectivity index (χ3n) is 4.34. The van der Waals surface area contributed by atoms with E-state index in [9.17, 15) is 4.79 Å². The van der Waals surface area contributed by atoms with E-state index in [1.807, 2.05) is 29.2 Å². The van der Waals surface area contributed by atoms with Crippen LogP contribution >= 0.6 is 0 Å². The zero-order valence-electron chi connectivity index (χ0n) is 12.8. The molecule has 1 saturated heterocycles. The second-order valence-corrected chi connectivity index (χ2v) is 5.88. The maximum Gasteiger partial charge on any atom is 0.231 e. The number of benzene rings is 1. The Kier molecular flexibility index (Phi) is 3.33. The number of hydrogen-bond acceptors (Lipinski definition) is 5. The van der Waals surface area contributed by atoms with Gasteiger partial charge in [0.05, 0.1) is 11.4 Å². The van der Waals surface area contributed by atoms with Crippen molar-refractivity contribution in [3.63, 3.8) is 0 Å². The zero-order valence-corrected chi connectivity index (χ0v) is 12.8. The fraction of sp³-hybridized carbons (Fsp3) is 0.375. The number of nitrogens with zero attached hydrogens (tertiary/aromatic N) is 4. The number of para-hydroxylation sites is 1. The second-order valence-electron chi connectivity index (χ2n) is 5.88. The van der Waals surface area contributed by atoms with Gasteiger partial charge in [-0.25, -0.2) is 0 Å². The molecule has 0 aliphatic carbocycles. The largest absolute Gasteiger partial charge is 0.342 e. The Morgan fingerprint density at radius 1 is 1.39 bits per heavy atom. The van der Waals surface area contributed by atoms with Crippen LogP contribution in [0.25, 0.3) is 22.4 Å². The summed E-state index contributed by atoms with van der Waals surface area (Å²) in [4.78, 5) is 17.9. The van der Waals surface area contributed by atoms with E-state index in [0.29, 0.717) is 24.0 Å². The van der Waals surface area contributed by atoms with Crippen molar-refractivity contribution in [1.82, 2.24) is 25.2 Å². The maximum atomic E-state index is 11.6. The molecule has 1 atom stereocenters. The van der Waals surface area contributed by atoms with Crippen LogP contribution in [0, 0.1) is 0 Å². The number of nitrogens with one attached hydrogen (secondary N) is 1. The molecule has 1 fully saturated rings. The average Bonchev–Trinajstić information content (AvgIpc) is 3.21. The van der Waals surface area contributed by atoms with Gasteiger partial charge >= 0.3 is 0 Å². The molecule has 7 heteroatoms. The molecule has 0 radical (unpaired) electrons. The molecule has 0 bridgehead atoms. The van der Waals surface area contributed by atoms with Gasteiger partial charge in [-0.3, -0.25) is 9.89 Å². The van der Waals surface area contributed by atoms with E-state index in [1.54, 1.807) is 6.92 Å². The van der Waals surface area contributed by atoms with Crippen LogP contribution in [0.15, 0.2) is 28.8 Å². The molecule has 118 valence electrons. The number of amides is 1. The third kappa shape index (κ3) is 2.48. The van der Waals surface area contributed by atoms with Gasteiger partial charge in [-0.05, 0) is 18.9 Å². The zero-order chi connectivity index (χ0) is 15.8. The van der Waals surface area contributed by atoms with Crippen LogP contribution in [0.5, 0.6) is 0 Å². The first-order chi connectivity index (χ1) is 11.2. The minimum atomic E-state index is 0.0905. The first kappa shape index (κ1) is 13.9. The highest BCUT2D eigenvalue weighted by Crippen LogP contribution is 2.29. The molecule has 23 heavy (non-hydrogen) atoms. The number of hydrogen-bond donors (Lipinski definition) is 1. The van der Waals surface area contributed by atoms with E-state index in [1.165, 1.54) is 0 Å². The molecular weight excluding hydrogens is 294 g/mol. The number of piperidine rings is 1. The van der Waals surface area contributed by atoms with Crippen molar-refractivity contribution in [2.75, 3.05) is 13.1 Å². The molecule has 1 aromatic carbocycles. The molecule has 1 N–H and O–H groups in total. The van der Waals surface area contributed by atoms with Crippen molar-refractivity contribution in [2.45, 2.75) is 25.7 Å². The highest BCUT2D eigenvalue weighted by atomic mass is 16.5. The molecule has 2 aromatic heterocycles. The smallest absolute Gasteiger partial charge is 0.231 e. The Labute approximate surface area is 132 Å².